The van der Waals surface area contributed by atoms with E-state index in [1.807, 2.05) is 24.3 Å². The Labute approximate surface area is 124 Å². The van der Waals surface area contributed by atoms with E-state index in [1.54, 1.807) is 6.08 Å². The van der Waals surface area contributed by atoms with Gasteiger partial charge in [-0.25, -0.2) is 4.79 Å². The molecule has 5 nitrogen and oxygen atoms in total. The third kappa shape index (κ3) is 5.97. The van der Waals surface area contributed by atoms with Gasteiger partial charge in [-0.2, -0.15) is 0 Å². The average Bonchev–Trinajstić information content (AvgIpc) is 2.75. The standard InChI is InChI=1S/C16H21NO4/c18-16(19)7-4-14-2-5-15(6-3-14)21-13-10-17-8-1-11-20-12-9-17/h2-7H,1,8-13H2,(H,18,19). The second kappa shape index (κ2) is 8.44. The van der Waals surface area contributed by atoms with Gasteiger partial charge in [0, 0.05) is 32.3 Å². The van der Waals surface area contributed by atoms with Gasteiger partial charge in [-0.05, 0) is 30.2 Å². The zero-order chi connectivity index (χ0) is 14.9. The largest absolute Gasteiger partial charge is 0.492 e. The van der Waals surface area contributed by atoms with E-state index in [-0.39, 0.29) is 0 Å². The van der Waals surface area contributed by atoms with Crippen molar-refractivity contribution in [3.63, 3.8) is 0 Å². The summed E-state index contributed by atoms with van der Waals surface area (Å²) in [5.74, 6) is -0.148. The highest BCUT2D eigenvalue weighted by Crippen LogP contribution is 2.13. The second-order valence-electron chi connectivity index (χ2n) is 4.90. The quantitative estimate of drug-likeness (QED) is 0.811. The maximum absolute atomic E-state index is 10.4. The number of carbonyl (C=O) groups is 1. The number of benzene rings is 1. The zero-order valence-electron chi connectivity index (χ0n) is 12.0. The summed E-state index contributed by atoms with van der Waals surface area (Å²) in [7, 11) is 0. The van der Waals surface area contributed by atoms with Crippen molar-refractivity contribution in [1.29, 1.82) is 0 Å². The topological polar surface area (TPSA) is 59.0 Å². The zero-order valence-corrected chi connectivity index (χ0v) is 12.0. The fraction of sp³-hybridized carbons (Fsp3) is 0.438. The molecule has 0 spiro atoms. The van der Waals surface area contributed by atoms with Crippen LogP contribution in [0, 0.1) is 0 Å². The fourth-order valence-corrected chi connectivity index (χ4v) is 2.16. The van der Waals surface area contributed by atoms with Crippen LogP contribution in [0.25, 0.3) is 6.08 Å². The molecule has 21 heavy (non-hydrogen) atoms. The van der Waals surface area contributed by atoms with Crippen LogP contribution in [0.1, 0.15) is 12.0 Å². The average molecular weight is 291 g/mol. The summed E-state index contributed by atoms with van der Waals surface area (Å²) in [5, 5.41) is 8.56. The smallest absolute Gasteiger partial charge is 0.328 e. The maximum Gasteiger partial charge on any atom is 0.328 e. The molecule has 0 bridgehead atoms. The van der Waals surface area contributed by atoms with Crippen LogP contribution in [0.3, 0.4) is 0 Å². The number of ether oxygens (including phenoxy) is 2. The first-order valence-corrected chi connectivity index (χ1v) is 7.18. The summed E-state index contributed by atoms with van der Waals surface area (Å²) < 4.78 is 11.1. The molecule has 114 valence electrons. The molecule has 1 aliphatic heterocycles. The minimum atomic E-state index is -0.947. The fourth-order valence-electron chi connectivity index (χ4n) is 2.16. The molecule has 0 radical (unpaired) electrons. The monoisotopic (exact) mass is 291 g/mol. The van der Waals surface area contributed by atoms with E-state index in [4.69, 9.17) is 14.6 Å². The Morgan fingerprint density at radius 2 is 2.10 bits per heavy atom. The second-order valence-corrected chi connectivity index (χ2v) is 4.90. The van der Waals surface area contributed by atoms with E-state index in [2.05, 4.69) is 4.90 Å². The van der Waals surface area contributed by atoms with Crippen LogP contribution in [-0.4, -0.2) is 55.4 Å². The Hall–Kier alpha value is -1.85. The van der Waals surface area contributed by atoms with Crippen LogP contribution in [0.2, 0.25) is 0 Å². The van der Waals surface area contributed by atoms with Crippen LogP contribution in [-0.2, 0) is 9.53 Å². The van der Waals surface area contributed by atoms with Crippen LogP contribution in [0.5, 0.6) is 5.75 Å². The minimum Gasteiger partial charge on any atom is -0.492 e. The van der Waals surface area contributed by atoms with Gasteiger partial charge in [0.2, 0.25) is 0 Å². The van der Waals surface area contributed by atoms with Gasteiger partial charge in [-0.3, -0.25) is 4.90 Å². The van der Waals surface area contributed by atoms with Crippen molar-refractivity contribution in [2.45, 2.75) is 6.42 Å². The third-order valence-electron chi connectivity index (χ3n) is 3.29. The molecule has 1 saturated heterocycles. The van der Waals surface area contributed by atoms with Crippen LogP contribution < -0.4 is 4.74 Å². The molecule has 0 unspecified atom stereocenters. The molecule has 1 fully saturated rings. The Bertz CT molecular complexity index is 462. The van der Waals surface area contributed by atoms with Gasteiger partial charge in [0.05, 0.1) is 6.61 Å². The van der Waals surface area contributed by atoms with Gasteiger partial charge >= 0.3 is 5.97 Å². The number of aliphatic carboxylic acids is 1. The van der Waals surface area contributed by atoms with Crippen molar-refractivity contribution in [2.24, 2.45) is 0 Å². The predicted molar refractivity (Wildman–Crippen MR) is 80.5 cm³/mol. The molecule has 1 N–H and O–H groups in total. The number of hydrogen-bond acceptors (Lipinski definition) is 4. The lowest BCUT2D eigenvalue weighted by atomic mass is 10.2. The molecule has 2 rings (SSSR count). The predicted octanol–water partition coefficient (Wildman–Crippen LogP) is 1.89. The van der Waals surface area contributed by atoms with E-state index in [1.165, 1.54) is 0 Å². The highest BCUT2D eigenvalue weighted by molar-refractivity contribution is 5.85. The number of rotatable bonds is 6. The summed E-state index contributed by atoms with van der Waals surface area (Å²) >= 11 is 0. The molecule has 1 aromatic rings. The summed E-state index contributed by atoms with van der Waals surface area (Å²) in [6, 6.07) is 7.39. The van der Waals surface area contributed by atoms with Crippen LogP contribution in [0.15, 0.2) is 30.3 Å². The van der Waals surface area contributed by atoms with Crippen LogP contribution in [0.4, 0.5) is 0 Å². The van der Waals surface area contributed by atoms with Crippen molar-refractivity contribution in [2.75, 3.05) is 39.5 Å². The highest BCUT2D eigenvalue weighted by Gasteiger charge is 2.08. The number of carboxylic acids is 1. The maximum atomic E-state index is 10.4. The summed E-state index contributed by atoms with van der Waals surface area (Å²) in [6.07, 6.45) is 3.76. The summed E-state index contributed by atoms with van der Waals surface area (Å²) in [5.41, 5.74) is 0.842. The molecular formula is C16H21NO4. The van der Waals surface area contributed by atoms with Crippen LogP contribution >= 0.6 is 0 Å². The minimum absolute atomic E-state index is 0.643. The lowest BCUT2D eigenvalue weighted by Crippen LogP contribution is -2.30. The molecule has 0 atom stereocenters. The van der Waals surface area contributed by atoms with Crippen molar-refractivity contribution < 1.29 is 19.4 Å². The number of carboxylic acid groups (broad SMARTS) is 1. The van der Waals surface area contributed by atoms with Gasteiger partial charge in [0.25, 0.3) is 0 Å². The molecule has 0 amide bonds. The number of hydrogen-bond donors (Lipinski definition) is 1. The van der Waals surface area contributed by atoms with Gasteiger partial charge in [0.1, 0.15) is 12.4 Å². The van der Waals surface area contributed by atoms with E-state index >= 15 is 0 Å². The normalized spacial score (nSPS) is 16.8. The molecule has 1 aliphatic rings. The molecule has 1 heterocycles. The van der Waals surface area contributed by atoms with Crippen molar-refractivity contribution in [3.05, 3.63) is 35.9 Å². The SMILES string of the molecule is O=C(O)C=Cc1ccc(OCCN2CCCOCC2)cc1. The van der Waals surface area contributed by atoms with Crippen molar-refractivity contribution in [1.82, 2.24) is 4.90 Å². The lowest BCUT2D eigenvalue weighted by Gasteiger charge is -2.19. The van der Waals surface area contributed by atoms with Gasteiger partial charge in [-0.1, -0.05) is 12.1 Å². The van der Waals surface area contributed by atoms with E-state index in [0.717, 1.165) is 56.7 Å². The molecular weight excluding hydrogens is 270 g/mol. The first-order valence-electron chi connectivity index (χ1n) is 7.18. The van der Waals surface area contributed by atoms with E-state index < -0.39 is 5.97 Å². The molecule has 1 aromatic carbocycles. The van der Waals surface area contributed by atoms with E-state index in [9.17, 15) is 4.79 Å². The first-order chi connectivity index (χ1) is 10.2. The Morgan fingerprint density at radius 3 is 2.86 bits per heavy atom. The molecule has 0 aliphatic carbocycles. The lowest BCUT2D eigenvalue weighted by molar-refractivity contribution is -0.131. The van der Waals surface area contributed by atoms with Gasteiger partial charge in [0.15, 0.2) is 0 Å². The van der Waals surface area contributed by atoms with Gasteiger partial charge in [-0.15, -0.1) is 0 Å². The Kier molecular flexibility index (Phi) is 6.24. The summed E-state index contributed by atoms with van der Waals surface area (Å²) in [4.78, 5) is 12.8. The summed E-state index contributed by atoms with van der Waals surface area (Å²) in [6.45, 7) is 5.20. The first kappa shape index (κ1) is 15.5. The number of nitrogens with zero attached hydrogens (tertiary/aromatic N) is 1. The molecule has 5 heteroatoms. The van der Waals surface area contributed by atoms with Crippen molar-refractivity contribution in [3.8, 4) is 5.75 Å². The highest BCUT2D eigenvalue weighted by atomic mass is 16.5. The van der Waals surface area contributed by atoms with E-state index in [0.29, 0.717) is 6.61 Å². The van der Waals surface area contributed by atoms with Crippen molar-refractivity contribution >= 4 is 12.0 Å². The Morgan fingerprint density at radius 1 is 1.29 bits per heavy atom. The third-order valence-corrected chi connectivity index (χ3v) is 3.29. The molecule has 0 aromatic heterocycles. The molecule has 0 saturated carbocycles. The Balaban J connectivity index is 1.74. The van der Waals surface area contributed by atoms with Gasteiger partial charge < -0.3 is 14.6 Å².